The molecule has 0 bridgehead atoms. The first kappa shape index (κ1) is 11.9. The molecule has 0 fully saturated rings. The Morgan fingerprint density at radius 1 is 1.00 bits per heavy atom. The molecule has 0 atom stereocenters. The van der Waals surface area contributed by atoms with E-state index < -0.39 is 0 Å². The molecule has 0 amide bonds. The van der Waals surface area contributed by atoms with E-state index in [2.05, 4.69) is 66.5 Å². The average Bonchev–Trinajstić information content (AvgIpc) is 2.80. The minimum absolute atomic E-state index is 0.966. The molecule has 0 N–H and O–H groups in total. The average molecular weight is 366 g/mol. The van der Waals surface area contributed by atoms with Crippen molar-refractivity contribution in [1.82, 2.24) is 9.38 Å². The van der Waals surface area contributed by atoms with Crippen molar-refractivity contribution in [3.05, 3.63) is 57.2 Å². The van der Waals surface area contributed by atoms with Crippen LogP contribution in [0.2, 0.25) is 0 Å². The fourth-order valence-corrected chi connectivity index (χ4v) is 2.51. The lowest BCUT2D eigenvalue weighted by molar-refractivity contribution is 1.08. The first-order valence-corrected chi connectivity index (χ1v) is 7.14. The summed E-state index contributed by atoms with van der Waals surface area (Å²) in [7, 11) is 0. The van der Waals surface area contributed by atoms with E-state index >= 15 is 0 Å². The normalized spacial score (nSPS) is 11.1. The van der Waals surface area contributed by atoms with Gasteiger partial charge in [0.15, 0.2) is 0 Å². The lowest BCUT2D eigenvalue weighted by Crippen LogP contribution is -1.89. The Hall–Kier alpha value is -1.13. The molecule has 2 nitrogen and oxygen atoms in total. The molecule has 0 spiro atoms. The first-order valence-electron chi connectivity index (χ1n) is 5.55. The number of benzene rings is 1. The molecule has 4 heteroatoms. The van der Waals surface area contributed by atoms with Gasteiger partial charge in [0, 0.05) is 26.4 Å². The van der Waals surface area contributed by atoms with Gasteiger partial charge in [-0.05, 0) is 47.1 Å². The van der Waals surface area contributed by atoms with E-state index in [1.807, 2.05) is 24.3 Å². The lowest BCUT2D eigenvalue weighted by atomic mass is 10.2. The maximum Gasteiger partial charge on any atom is 0.137 e. The maximum atomic E-state index is 4.64. The summed E-state index contributed by atoms with van der Waals surface area (Å²) in [5, 5.41) is 0. The van der Waals surface area contributed by atoms with Crippen LogP contribution < -0.4 is 0 Å². The second kappa shape index (κ2) is 4.52. The molecular weight excluding hydrogens is 356 g/mol. The SMILES string of the molecule is Cc1c(Br)ccc2nc(-c3ccc(Br)cc3)cn12. The minimum Gasteiger partial charge on any atom is -0.303 e. The van der Waals surface area contributed by atoms with Crippen LogP contribution in [0.4, 0.5) is 0 Å². The number of fused-ring (bicyclic) bond motifs is 1. The summed E-state index contributed by atoms with van der Waals surface area (Å²) < 4.78 is 4.27. The predicted octanol–water partition coefficient (Wildman–Crippen LogP) is 4.83. The fourth-order valence-electron chi connectivity index (χ4n) is 1.92. The summed E-state index contributed by atoms with van der Waals surface area (Å²) in [6, 6.07) is 12.2. The van der Waals surface area contributed by atoms with Crippen LogP contribution in [-0.4, -0.2) is 9.38 Å². The topological polar surface area (TPSA) is 17.3 Å². The quantitative estimate of drug-likeness (QED) is 0.603. The number of imidazole rings is 1. The van der Waals surface area contributed by atoms with Gasteiger partial charge in [-0.3, -0.25) is 0 Å². The summed E-state index contributed by atoms with van der Waals surface area (Å²) in [5.74, 6) is 0. The highest BCUT2D eigenvalue weighted by Crippen LogP contribution is 2.24. The number of pyridine rings is 1. The highest BCUT2D eigenvalue weighted by Gasteiger charge is 2.07. The number of nitrogens with zero attached hydrogens (tertiary/aromatic N) is 2. The molecule has 0 aliphatic carbocycles. The number of aryl methyl sites for hydroxylation is 1. The monoisotopic (exact) mass is 364 g/mol. The number of halogens is 2. The van der Waals surface area contributed by atoms with Gasteiger partial charge in [-0.1, -0.05) is 28.1 Å². The Kier molecular flexibility index (Phi) is 2.99. The molecule has 90 valence electrons. The Labute approximate surface area is 122 Å². The van der Waals surface area contributed by atoms with E-state index in [0.717, 1.165) is 31.5 Å². The van der Waals surface area contributed by atoms with Crippen molar-refractivity contribution in [3.63, 3.8) is 0 Å². The molecule has 2 heterocycles. The van der Waals surface area contributed by atoms with Crippen molar-refractivity contribution < 1.29 is 0 Å². The van der Waals surface area contributed by atoms with Crippen molar-refractivity contribution in [2.24, 2.45) is 0 Å². The van der Waals surface area contributed by atoms with Gasteiger partial charge in [-0.15, -0.1) is 0 Å². The molecule has 1 aromatic carbocycles. The van der Waals surface area contributed by atoms with Gasteiger partial charge < -0.3 is 4.40 Å². The summed E-state index contributed by atoms with van der Waals surface area (Å²) in [5.41, 5.74) is 4.23. The molecule has 3 aromatic rings. The number of hydrogen-bond acceptors (Lipinski definition) is 1. The molecular formula is C14H10Br2N2. The van der Waals surface area contributed by atoms with Gasteiger partial charge in [0.05, 0.1) is 5.69 Å². The van der Waals surface area contributed by atoms with Crippen molar-refractivity contribution in [3.8, 4) is 11.3 Å². The van der Waals surface area contributed by atoms with E-state index in [9.17, 15) is 0 Å². The summed E-state index contributed by atoms with van der Waals surface area (Å²) in [6.45, 7) is 2.07. The highest BCUT2D eigenvalue weighted by molar-refractivity contribution is 9.10. The zero-order chi connectivity index (χ0) is 12.7. The Morgan fingerprint density at radius 3 is 2.44 bits per heavy atom. The predicted molar refractivity (Wildman–Crippen MR) is 80.8 cm³/mol. The maximum absolute atomic E-state index is 4.64. The van der Waals surface area contributed by atoms with Gasteiger partial charge in [-0.25, -0.2) is 4.98 Å². The third-order valence-electron chi connectivity index (χ3n) is 2.96. The molecule has 0 aliphatic heterocycles. The molecule has 0 aliphatic rings. The van der Waals surface area contributed by atoms with E-state index in [1.165, 1.54) is 0 Å². The smallest absolute Gasteiger partial charge is 0.137 e. The molecule has 0 saturated carbocycles. The summed E-state index contributed by atoms with van der Waals surface area (Å²) >= 11 is 6.98. The van der Waals surface area contributed by atoms with E-state index in [1.54, 1.807) is 0 Å². The van der Waals surface area contributed by atoms with Gasteiger partial charge in [0.2, 0.25) is 0 Å². The number of aromatic nitrogens is 2. The number of hydrogen-bond donors (Lipinski definition) is 0. The van der Waals surface area contributed by atoms with Crippen LogP contribution in [-0.2, 0) is 0 Å². The van der Waals surface area contributed by atoms with Crippen LogP contribution in [0.1, 0.15) is 5.69 Å². The highest BCUT2D eigenvalue weighted by atomic mass is 79.9. The standard InChI is InChI=1S/C14H10Br2N2/c1-9-12(16)6-7-14-17-13(8-18(9)14)10-2-4-11(15)5-3-10/h2-8H,1H3. The van der Waals surface area contributed by atoms with Crippen LogP contribution >= 0.6 is 31.9 Å². The molecule has 3 rings (SSSR count). The summed E-state index contributed by atoms with van der Waals surface area (Å²) in [6.07, 6.45) is 2.07. The summed E-state index contributed by atoms with van der Waals surface area (Å²) in [4.78, 5) is 4.64. The Morgan fingerprint density at radius 2 is 1.72 bits per heavy atom. The van der Waals surface area contributed by atoms with E-state index in [0.29, 0.717) is 0 Å². The van der Waals surface area contributed by atoms with Crippen LogP contribution in [0.5, 0.6) is 0 Å². The van der Waals surface area contributed by atoms with E-state index in [4.69, 9.17) is 0 Å². The van der Waals surface area contributed by atoms with Crippen LogP contribution in [0.25, 0.3) is 16.9 Å². The largest absolute Gasteiger partial charge is 0.303 e. The molecule has 0 unspecified atom stereocenters. The Bertz CT molecular complexity index is 714. The van der Waals surface area contributed by atoms with E-state index in [-0.39, 0.29) is 0 Å². The molecule has 18 heavy (non-hydrogen) atoms. The number of rotatable bonds is 1. The fraction of sp³-hybridized carbons (Fsp3) is 0.0714. The van der Waals surface area contributed by atoms with Gasteiger partial charge in [-0.2, -0.15) is 0 Å². The zero-order valence-electron chi connectivity index (χ0n) is 9.69. The third-order valence-corrected chi connectivity index (χ3v) is 4.33. The van der Waals surface area contributed by atoms with Crippen molar-refractivity contribution in [1.29, 1.82) is 0 Å². The van der Waals surface area contributed by atoms with Crippen molar-refractivity contribution in [2.75, 3.05) is 0 Å². The molecule has 0 saturated heterocycles. The third kappa shape index (κ3) is 1.99. The molecule has 2 aromatic heterocycles. The van der Waals surface area contributed by atoms with Gasteiger partial charge in [0.1, 0.15) is 5.65 Å². The van der Waals surface area contributed by atoms with Crippen LogP contribution in [0.15, 0.2) is 51.5 Å². The minimum atomic E-state index is 0.966. The second-order valence-corrected chi connectivity index (χ2v) is 5.90. The first-order chi connectivity index (χ1) is 8.65. The van der Waals surface area contributed by atoms with Crippen molar-refractivity contribution >= 4 is 37.5 Å². The Balaban J connectivity index is 2.19. The second-order valence-electron chi connectivity index (χ2n) is 4.13. The van der Waals surface area contributed by atoms with Gasteiger partial charge in [0.25, 0.3) is 0 Å². The van der Waals surface area contributed by atoms with Crippen LogP contribution in [0.3, 0.4) is 0 Å². The van der Waals surface area contributed by atoms with Crippen molar-refractivity contribution in [2.45, 2.75) is 6.92 Å². The zero-order valence-corrected chi connectivity index (χ0v) is 12.9. The lowest BCUT2D eigenvalue weighted by Gasteiger charge is -2.00. The molecule has 0 radical (unpaired) electrons. The van der Waals surface area contributed by atoms with Gasteiger partial charge >= 0.3 is 0 Å². The van der Waals surface area contributed by atoms with Crippen LogP contribution in [0, 0.1) is 6.92 Å².